The van der Waals surface area contributed by atoms with Gasteiger partial charge >= 0.3 is 0 Å². The van der Waals surface area contributed by atoms with E-state index in [9.17, 15) is 9.59 Å². The minimum absolute atomic E-state index is 0. The van der Waals surface area contributed by atoms with Crippen LogP contribution in [-0.2, 0) is 0 Å². The lowest BCUT2D eigenvalue weighted by atomic mass is 10.0. The first kappa shape index (κ1) is 22.0. The zero-order chi connectivity index (χ0) is 19.6. The van der Waals surface area contributed by atoms with E-state index in [1.807, 2.05) is 50.2 Å². The van der Waals surface area contributed by atoms with Crippen molar-refractivity contribution in [1.29, 1.82) is 0 Å². The Balaban J connectivity index is 0.00000280. The molecule has 0 aliphatic carbocycles. The lowest BCUT2D eigenvalue weighted by Crippen LogP contribution is -2.34. The van der Waals surface area contributed by atoms with E-state index in [0.29, 0.717) is 22.5 Å². The van der Waals surface area contributed by atoms with Crippen LogP contribution in [0.3, 0.4) is 0 Å². The number of hydrogen-bond acceptors (Lipinski definition) is 4. The van der Waals surface area contributed by atoms with Crippen LogP contribution in [0.25, 0.3) is 11.0 Å². The van der Waals surface area contributed by atoms with Crippen LogP contribution >= 0.6 is 24.0 Å². The summed E-state index contributed by atoms with van der Waals surface area (Å²) in [6.45, 7) is 2.42. The lowest BCUT2D eigenvalue weighted by Gasteiger charge is -2.25. The van der Waals surface area contributed by atoms with E-state index in [-0.39, 0.29) is 29.6 Å². The highest BCUT2D eigenvalue weighted by molar-refractivity contribution is 6.31. The quantitative estimate of drug-likeness (QED) is 0.671. The molecular formula is C21H22Cl2N2O3. The van der Waals surface area contributed by atoms with Gasteiger partial charge in [0.05, 0.1) is 11.4 Å². The summed E-state index contributed by atoms with van der Waals surface area (Å²) < 4.78 is 5.59. The molecule has 1 N–H and O–H groups in total. The largest absolute Gasteiger partial charge is 0.451 e. The summed E-state index contributed by atoms with van der Waals surface area (Å²) in [6, 6.07) is 14.1. The maximum Gasteiger partial charge on any atom is 0.287 e. The predicted molar refractivity (Wildman–Crippen MR) is 115 cm³/mol. The minimum Gasteiger partial charge on any atom is -0.451 e. The van der Waals surface area contributed by atoms with Gasteiger partial charge in [-0.05, 0) is 44.8 Å². The van der Waals surface area contributed by atoms with E-state index in [4.69, 9.17) is 16.0 Å². The number of carbonyl (C=O) groups excluding carboxylic acids is 1. The van der Waals surface area contributed by atoms with Crippen molar-refractivity contribution in [1.82, 2.24) is 10.2 Å². The minimum atomic E-state index is -0.428. The number of nitrogens with one attached hydrogen (secondary N) is 1. The normalized spacial score (nSPS) is 11.9. The van der Waals surface area contributed by atoms with Gasteiger partial charge in [0.1, 0.15) is 5.58 Å². The Morgan fingerprint density at radius 1 is 1.14 bits per heavy atom. The van der Waals surface area contributed by atoms with Crippen LogP contribution in [-0.4, -0.2) is 31.4 Å². The van der Waals surface area contributed by atoms with Crippen LogP contribution in [0.2, 0.25) is 5.02 Å². The highest BCUT2D eigenvalue weighted by atomic mass is 35.5. The van der Waals surface area contributed by atoms with E-state index >= 15 is 0 Å². The molecule has 0 spiro atoms. The molecule has 0 saturated heterocycles. The first-order valence-electron chi connectivity index (χ1n) is 8.60. The second-order valence-corrected chi connectivity index (χ2v) is 7.15. The number of rotatable bonds is 5. The van der Waals surface area contributed by atoms with Gasteiger partial charge in [0, 0.05) is 17.6 Å². The summed E-state index contributed by atoms with van der Waals surface area (Å²) >= 11 is 5.91. The summed E-state index contributed by atoms with van der Waals surface area (Å²) in [7, 11) is 3.91. The number of carbonyl (C=O) groups is 1. The van der Waals surface area contributed by atoms with Gasteiger partial charge in [-0.1, -0.05) is 41.4 Å². The van der Waals surface area contributed by atoms with E-state index in [1.165, 1.54) is 17.7 Å². The Kier molecular flexibility index (Phi) is 7.24. The van der Waals surface area contributed by atoms with Crippen LogP contribution in [0.15, 0.2) is 57.7 Å². The van der Waals surface area contributed by atoms with Crippen LogP contribution in [0.4, 0.5) is 0 Å². The highest BCUT2D eigenvalue weighted by Crippen LogP contribution is 2.19. The van der Waals surface area contributed by atoms with Gasteiger partial charge in [-0.2, -0.15) is 0 Å². The number of likely N-dealkylation sites (N-methyl/N-ethyl adjacent to an activating group) is 1. The Labute approximate surface area is 174 Å². The predicted octanol–water partition coefficient (Wildman–Crippen LogP) is 4.21. The van der Waals surface area contributed by atoms with Crippen LogP contribution < -0.4 is 10.7 Å². The van der Waals surface area contributed by atoms with Gasteiger partial charge in [0.25, 0.3) is 5.91 Å². The Hall–Kier alpha value is -2.34. The smallest absolute Gasteiger partial charge is 0.287 e. The Bertz CT molecular complexity index is 1030. The van der Waals surface area contributed by atoms with E-state index in [2.05, 4.69) is 5.32 Å². The molecule has 0 radical (unpaired) electrons. The molecule has 7 heteroatoms. The van der Waals surface area contributed by atoms with Crippen molar-refractivity contribution in [3.8, 4) is 0 Å². The van der Waals surface area contributed by atoms with Gasteiger partial charge < -0.3 is 14.6 Å². The fourth-order valence-corrected chi connectivity index (χ4v) is 3.08. The summed E-state index contributed by atoms with van der Waals surface area (Å²) in [6.07, 6.45) is 0. The molecule has 0 aliphatic heterocycles. The number of hydrogen-bond donors (Lipinski definition) is 1. The highest BCUT2D eigenvalue weighted by Gasteiger charge is 2.18. The first-order chi connectivity index (χ1) is 12.8. The third-order valence-electron chi connectivity index (χ3n) is 4.45. The van der Waals surface area contributed by atoms with E-state index in [0.717, 1.165) is 5.56 Å². The molecular weight excluding hydrogens is 399 g/mol. The van der Waals surface area contributed by atoms with Crippen molar-refractivity contribution in [2.24, 2.45) is 0 Å². The summed E-state index contributed by atoms with van der Waals surface area (Å²) in [4.78, 5) is 26.8. The zero-order valence-electron chi connectivity index (χ0n) is 15.9. The van der Waals surface area contributed by atoms with Gasteiger partial charge in [-0.25, -0.2) is 0 Å². The number of halogens is 2. The molecule has 2 aromatic carbocycles. The van der Waals surface area contributed by atoms with Crippen molar-refractivity contribution in [2.45, 2.75) is 13.0 Å². The summed E-state index contributed by atoms with van der Waals surface area (Å²) in [5.41, 5.74) is 2.31. The Morgan fingerprint density at radius 2 is 1.82 bits per heavy atom. The topological polar surface area (TPSA) is 62.6 Å². The lowest BCUT2D eigenvalue weighted by molar-refractivity contribution is 0.0914. The molecule has 1 atom stereocenters. The molecule has 148 valence electrons. The fourth-order valence-electron chi connectivity index (χ4n) is 2.90. The Morgan fingerprint density at radius 3 is 2.46 bits per heavy atom. The first-order valence-corrected chi connectivity index (χ1v) is 8.97. The number of amides is 1. The molecule has 0 saturated carbocycles. The van der Waals surface area contributed by atoms with E-state index in [1.54, 1.807) is 12.1 Å². The number of benzene rings is 2. The number of nitrogens with zero attached hydrogens (tertiary/aromatic N) is 1. The standard InChI is InChI=1S/C21H21ClN2O3.ClH/c1-13-4-6-14(7-5-13)17(24(2)3)12-23-21(26)20-11-18(25)16-10-15(22)8-9-19(16)27-20;/h4-11,17H,12H2,1-3H3,(H,23,26);1H. The molecule has 0 aliphatic rings. The molecule has 5 nitrogen and oxygen atoms in total. The van der Waals surface area contributed by atoms with Crippen molar-refractivity contribution in [2.75, 3.05) is 20.6 Å². The van der Waals surface area contributed by atoms with Gasteiger partial charge in [0.15, 0.2) is 11.2 Å². The third kappa shape index (κ3) is 4.93. The van der Waals surface area contributed by atoms with Crippen molar-refractivity contribution in [3.05, 3.63) is 80.7 Å². The maximum atomic E-state index is 12.5. The molecule has 28 heavy (non-hydrogen) atoms. The number of fused-ring (bicyclic) bond motifs is 1. The molecule has 3 rings (SSSR count). The van der Waals surface area contributed by atoms with Gasteiger partial charge in [0.2, 0.25) is 0 Å². The molecule has 1 amide bonds. The molecule has 3 aromatic rings. The zero-order valence-corrected chi connectivity index (χ0v) is 17.4. The molecule has 1 aromatic heterocycles. The second-order valence-electron chi connectivity index (χ2n) is 6.72. The van der Waals surface area contributed by atoms with Crippen molar-refractivity contribution >= 4 is 40.9 Å². The van der Waals surface area contributed by atoms with Crippen LogP contribution in [0.5, 0.6) is 0 Å². The SMILES string of the molecule is Cc1ccc(C(CNC(=O)c2cc(=O)c3cc(Cl)ccc3o2)N(C)C)cc1.Cl. The average Bonchev–Trinajstić information content (AvgIpc) is 2.63. The average molecular weight is 421 g/mol. The molecule has 1 heterocycles. The molecule has 0 bridgehead atoms. The van der Waals surface area contributed by atoms with Crippen LogP contribution in [0.1, 0.15) is 27.7 Å². The second kappa shape index (κ2) is 9.24. The van der Waals surface area contributed by atoms with Crippen molar-refractivity contribution in [3.63, 3.8) is 0 Å². The van der Waals surface area contributed by atoms with Crippen molar-refractivity contribution < 1.29 is 9.21 Å². The monoisotopic (exact) mass is 420 g/mol. The maximum absolute atomic E-state index is 12.5. The molecule has 0 fully saturated rings. The van der Waals surface area contributed by atoms with E-state index < -0.39 is 5.91 Å². The molecule has 1 unspecified atom stereocenters. The van der Waals surface area contributed by atoms with Crippen LogP contribution in [0, 0.1) is 6.92 Å². The van der Waals surface area contributed by atoms with Gasteiger partial charge in [-0.3, -0.25) is 9.59 Å². The fraction of sp³-hybridized carbons (Fsp3) is 0.238. The summed E-state index contributed by atoms with van der Waals surface area (Å²) in [5, 5.41) is 3.65. The third-order valence-corrected chi connectivity index (χ3v) is 4.69. The van der Waals surface area contributed by atoms with Gasteiger partial charge in [-0.15, -0.1) is 12.4 Å². The summed E-state index contributed by atoms with van der Waals surface area (Å²) in [5.74, 6) is -0.445. The number of aryl methyl sites for hydroxylation is 1.